The lowest BCUT2D eigenvalue weighted by atomic mass is 9.98. The van der Waals surface area contributed by atoms with Gasteiger partial charge in [0.25, 0.3) is 0 Å². The number of rotatable bonds is 5. The summed E-state index contributed by atoms with van der Waals surface area (Å²) in [5, 5.41) is 3.39. The van der Waals surface area contributed by atoms with E-state index in [2.05, 4.69) is 21.2 Å². The van der Waals surface area contributed by atoms with Crippen LogP contribution in [-0.2, 0) is 6.42 Å². The van der Waals surface area contributed by atoms with E-state index < -0.39 is 5.82 Å². The van der Waals surface area contributed by atoms with Gasteiger partial charge >= 0.3 is 0 Å². The molecule has 1 unspecified atom stereocenters. The van der Waals surface area contributed by atoms with E-state index in [-0.39, 0.29) is 11.1 Å². The Labute approximate surface area is 137 Å². The molecule has 112 valence electrons. The van der Waals surface area contributed by atoms with Gasteiger partial charge in [0.05, 0.1) is 12.1 Å². The number of halogens is 3. The van der Waals surface area contributed by atoms with Gasteiger partial charge in [-0.25, -0.2) is 4.39 Å². The zero-order chi connectivity index (χ0) is 15.4. The lowest BCUT2D eigenvalue weighted by molar-refractivity contribution is 0.413. The van der Waals surface area contributed by atoms with Crippen molar-refractivity contribution in [2.75, 3.05) is 14.2 Å². The molecule has 0 aromatic heterocycles. The van der Waals surface area contributed by atoms with Crippen molar-refractivity contribution in [1.29, 1.82) is 0 Å². The Morgan fingerprint density at radius 2 is 2.05 bits per heavy atom. The summed E-state index contributed by atoms with van der Waals surface area (Å²) < 4.78 is 19.8. The molecule has 0 bridgehead atoms. The van der Waals surface area contributed by atoms with Crippen molar-refractivity contribution < 1.29 is 9.13 Å². The van der Waals surface area contributed by atoms with Crippen LogP contribution in [0.1, 0.15) is 17.2 Å². The van der Waals surface area contributed by atoms with E-state index in [0.29, 0.717) is 6.42 Å². The van der Waals surface area contributed by atoms with Gasteiger partial charge in [0.2, 0.25) is 0 Å². The molecule has 2 aromatic rings. The first kappa shape index (κ1) is 16.3. The van der Waals surface area contributed by atoms with Gasteiger partial charge < -0.3 is 10.1 Å². The van der Waals surface area contributed by atoms with Crippen LogP contribution in [0.4, 0.5) is 4.39 Å². The lowest BCUT2D eigenvalue weighted by Crippen LogP contribution is -2.19. The van der Waals surface area contributed by atoms with Crippen LogP contribution in [0.25, 0.3) is 0 Å². The molecular weight excluding hydrogens is 357 g/mol. The smallest absolute Gasteiger partial charge is 0.142 e. The molecule has 0 saturated carbocycles. The van der Waals surface area contributed by atoms with E-state index in [1.165, 1.54) is 6.07 Å². The predicted molar refractivity (Wildman–Crippen MR) is 87.6 cm³/mol. The van der Waals surface area contributed by atoms with Gasteiger partial charge in [0.1, 0.15) is 11.6 Å². The first-order chi connectivity index (χ1) is 10.0. The molecule has 0 aliphatic carbocycles. The van der Waals surface area contributed by atoms with E-state index in [1.807, 2.05) is 31.3 Å². The van der Waals surface area contributed by atoms with Crippen LogP contribution < -0.4 is 10.1 Å². The molecule has 5 heteroatoms. The highest BCUT2D eigenvalue weighted by Crippen LogP contribution is 2.30. The van der Waals surface area contributed by atoms with Gasteiger partial charge in [-0.05, 0) is 54.9 Å². The topological polar surface area (TPSA) is 21.3 Å². The molecule has 0 saturated heterocycles. The maximum absolute atomic E-state index is 13.6. The van der Waals surface area contributed by atoms with Gasteiger partial charge in [0.15, 0.2) is 0 Å². The molecule has 0 aliphatic heterocycles. The molecule has 0 aliphatic rings. The third kappa shape index (κ3) is 3.96. The van der Waals surface area contributed by atoms with Crippen molar-refractivity contribution in [2.45, 2.75) is 12.5 Å². The van der Waals surface area contributed by atoms with Crippen molar-refractivity contribution in [3.8, 4) is 5.75 Å². The molecule has 0 spiro atoms. The standard InChI is InChI=1S/C16H16BrClFNO/c1-20-16(8-10-3-6-14(18)15(19)7-10)12-9-11(21-2)4-5-13(12)17/h3-7,9,16,20H,8H2,1-2H3. The number of methoxy groups -OCH3 is 1. The SMILES string of the molecule is CNC(Cc1ccc(Cl)c(F)c1)c1cc(OC)ccc1Br. The molecule has 0 fully saturated rings. The van der Waals surface area contributed by atoms with E-state index in [1.54, 1.807) is 13.2 Å². The van der Waals surface area contributed by atoms with E-state index in [4.69, 9.17) is 16.3 Å². The fraction of sp³-hybridized carbons (Fsp3) is 0.250. The molecule has 2 aromatic carbocycles. The molecule has 2 nitrogen and oxygen atoms in total. The molecule has 0 radical (unpaired) electrons. The molecular formula is C16H16BrClFNO. The molecule has 2 rings (SSSR count). The summed E-state index contributed by atoms with van der Waals surface area (Å²) in [7, 11) is 3.51. The molecule has 0 heterocycles. The van der Waals surface area contributed by atoms with Crippen LogP contribution in [0, 0.1) is 5.82 Å². The fourth-order valence-electron chi connectivity index (χ4n) is 2.19. The minimum atomic E-state index is -0.395. The quantitative estimate of drug-likeness (QED) is 0.817. The van der Waals surface area contributed by atoms with Gasteiger partial charge in [-0.3, -0.25) is 0 Å². The summed E-state index contributed by atoms with van der Waals surface area (Å²) in [4.78, 5) is 0. The highest BCUT2D eigenvalue weighted by Gasteiger charge is 2.15. The predicted octanol–water partition coefficient (Wildman–Crippen LogP) is 4.75. The third-order valence-electron chi connectivity index (χ3n) is 3.35. The van der Waals surface area contributed by atoms with Gasteiger partial charge in [-0.15, -0.1) is 0 Å². The fourth-order valence-corrected chi connectivity index (χ4v) is 2.83. The van der Waals surface area contributed by atoms with Crippen LogP contribution in [-0.4, -0.2) is 14.2 Å². The van der Waals surface area contributed by atoms with E-state index in [0.717, 1.165) is 21.3 Å². The second-order valence-corrected chi connectivity index (χ2v) is 5.94. The molecule has 1 N–H and O–H groups in total. The Kier molecular flexibility index (Phi) is 5.62. The number of ether oxygens (including phenoxy) is 1. The molecule has 1 atom stereocenters. The summed E-state index contributed by atoms with van der Waals surface area (Å²) in [5.41, 5.74) is 1.94. The Bertz CT molecular complexity index is 636. The molecule has 0 amide bonds. The van der Waals surface area contributed by atoms with Gasteiger partial charge in [-0.2, -0.15) is 0 Å². The summed E-state index contributed by atoms with van der Waals surface area (Å²) in [6.07, 6.45) is 0.649. The lowest BCUT2D eigenvalue weighted by Gasteiger charge is -2.19. The van der Waals surface area contributed by atoms with Crippen LogP contribution in [0.5, 0.6) is 5.75 Å². The highest BCUT2D eigenvalue weighted by molar-refractivity contribution is 9.10. The van der Waals surface area contributed by atoms with E-state index >= 15 is 0 Å². The number of likely N-dealkylation sites (N-methyl/N-ethyl adjacent to an activating group) is 1. The Balaban J connectivity index is 2.29. The summed E-state index contributed by atoms with van der Waals surface area (Å²) >= 11 is 9.27. The van der Waals surface area contributed by atoms with Crippen molar-refractivity contribution in [3.63, 3.8) is 0 Å². The molecule has 21 heavy (non-hydrogen) atoms. The number of benzene rings is 2. The average molecular weight is 373 g/mol. The average Bonchev–Trinajstić information content (AvgIpc) is 2.49. The van der Waals surface area contributed by atoms with Crippen LogP contribution in [0.15, 0.2) is 40.9 Å². The minimum absolute atomic E-state index is 0.0371. The normalized spacial score (nSPS) is 12.2. The second-order valence-electron chi connectivity index (χ2n) is 4.68. The largest absolute Gasteiger partial charge is 0.497 e. The monoisotopic (exact) mass is 371 g/mol. The third-order valence-corrected chi connectivity index (χ3v) is 4.38. The zero-order valence-electron chi connectivity index (χ0n) is 11.8. The summed E-state index contributed by atoms with van der Waals surface area (Å²) in [6.45, 7) is 0. The van der Waals surface area contributed by atoms with Gasteiger partial charge in [0, 0.05) is 10.5 Å². The van der Waals surface area contributed by atoms with Crippen molar-refractivity contribution >= 4 is 27.5 Å². The Morgan fingerprint density at radius 1 is 1.29 bits per heavy atom. The maximum Gasteiger partial charge on any atom is 0.142 e. The Hall–Kier alpha value is -1.10. The maximum atomic E-state index is 13.6. The first-order valence-corrected chi connectivity index (χ1v) is 7.67. The Morgan fingerprint density at radius 3 is 2.67 bits per heavy atom. The van der Waals surface area contributed by atoms with Crippen LogP contribution in [0.2, 0.25) is 5.02 Å². The summed E-state index contributed by atoms with van der Waals surface area (Å²) in [6, 6.07) is 10.7. The van der Waals surface area contributed by atoms with Crippen LogP contribution >= 0.6 is 27.5 Å². The van der Waals surface area contributed by atoms with Crippen molar-refractivity contribution in [2.24, 2.45) is 0 Å². The number of hydrogen-bond donors (Lipinski definition) is 1. The van der Waals surface area contributed by atoms with Crippen LogP contribution in [0.3, 0.4) is 0 Å². The summed E-state index contributed by atoms with van der Waals surface area (Å²) in [5.74, 6) is 0.393. The van der Waals surface area contributed by atoms with Gasteiger partial charge in [-0.1, -0.05) is 33.6 Å². The first-order valence-electron chi connectivity index (χ1n) is 6.49. The minimum Gasteiger partial charge on any atom is -0.497 e. The number of nitrogens with one attached hydrogen (secondary N) is 1. The number of hydrogen-bond acceptors (Lipinski definition) is 2. The van der Waals surface area contributed by atoms with Crippen molar-refractivity contribution in [1.82, 2.24) is 5.32 Å². The second kappa shape index (κ2) is 7.25. The highest BCUT2D eigenvalue weighted by atomic mass is 79.9. The zero-order valence-corrected chi connectivity index (χ0v) is 14.1. The van der Waals surface area contributed by atoms with E-state index in [9.17, 15) is 4.39 Å². The van der Waals surface area contributed by atoms with Crippen molar-refractivity contribution in [3.05, 3.63) is 62.8 Å².